The zero-order valence-electron chi connectivity index (χ0n) is 15.7. The molecule has 0 spiro atoms. The molecule has 4 fully saturated rings. The first kappa shape index (κ1) is 16.8. The van der Waals surface area contributed by atoms with E-state index in [2.05, 4.69) is 5.32 Å². The van der Waals surface area contributed by atoms with Crippen LogP contribution in [-0.2, 0) is 4.79 Å². The molecule has 2 aromatic heterocycles. The number of carbonyl (C=O) groups excluding carboxylic acids is 1. The van der Waals surface area contributed by atoms with E-state index in [1.807, 2.05) is 18.2 Å². The van der Waals surface area contributed by atoms with E-state index < -0.39 is 0 Å². The molecule has 7 rings (SSSR count). The van der Waals surface area contributed by atoms with Crippen LogP contribution in [0.25, 0.3) is 21.7 Å². The lowest BCUT2D eigenvalue weighted by Gasteiger charge is -2.56. The Kier molecular flexibility index (Phi) is 3.55. The van der Waals surface area contributed by atoms with Gasteiger partial charge in [-0.1, -0.05) is 18.2 Å². The Morgan fingerprint density at radius 3 is 2.46 bits per heavy atom. The molecular formula is C23H23NO3S. The van der Waals surface area contributed by atoms with E-state index in [0.717, 1.165) is 33.5 Å². The van der Waals surface area contributed by atoms with Gasteiger partial charge in [0.2, 0.25) is 5.91 Å². The van der Waals surface area contributed by atoms with Crippen LogP contribution >= 0.6 is 11.3 Å². The maximum absolute atomic E-state index is 13.1. The number of rotatable bonds is 3. The number of hydrogen-bond donors (Lipinski definition) is 1. The van der Waals surface area contributed by atoms with Crippen LogP contribution in [0.2, 0.25) is 0 Å². The minimum Gasteiger partial charge on any atom is -0.422 e. The van der Waals surface area contributed by atoms with Gasteiger partial charge in [0, 0.05) is 22.6 Å². The number of benzene rings is 1. The van der Waals surface area contributed by atoms with Gasteiger partial charge in [0.15, 0.2) is 0 Å². The van der Waals surface area contributed by atoms with E-state index in [-0.39, 0.29) is 16.9 Å². The van der Waals surface area contributed by atoms with Crippen LogP contribution in [-0.4, -0.2) is 5.91 Å². The average molecular weight is 394 g/mol. The monoisotopic (exact) mass is 393 g/mol. The largest absolute Gasteiger partial charge is 0.422 e. The topological polar surface area (TPSA) is 59.3 Å². The molecule has 2 heterocycles. The molecule has 4 saturated carbocycles. The van der Waals surface area contributed by atoms with Crippen molar-refractivity contribution in [1.29, 1.82) is 0 Å². The number of nitrogens with one attached hydrogen (secondary N) is 1. The highest BCUT2D eigenvalue weighted by molar-refractivity contribution is 7.16. The molecule has 3 aromatic rings. The minimum absolute atomic E-state index is 0.100. The van der Waals surface area contributed by atoms with Gasteiger partial charge in [0.1, 0.15) is 10.6 Å². The number of thiophene rings is 1. The molecule has 28 heavy (non-hydrogen) atoms. The van der Waals surface area contributed by atoms with E-state index in [1.165, 1.54) is 49.9 Å². The standard InChI is InChI=1S/C23H23NO3S/c25-19(11-23-8-13-5-14(9-23)7-15(6-13)10-23)24-21-20-16-3-1-2-4-18(16)27-22(26)17(20)12-28-21/h1-4,12-15H,5-11H2,(H,24,25). The predicted molar refractivity (Wildman–Crippen MR) is 112 cm³/mol. The molecule has 1 aromatic carbocycles. The lowest BCUT2D eigenvalue weighted by molar-refractivity contribution is -0.124. The Bertz CT molecular complexity index is 1120. The molecule has 0 saturated heterocycles. The van der Waals surface area contributed by atoms with Gasteiger partial charge in [-0.2, -0.15) is 0 Å². The van der Waals surface area contributed by atoms with Gasteiger partial charge in [0.05, 0.1) is 5.39 Å². The van der Waals surface area contributed by atoms with Crippen molar-refractivity contribution < 1.29 is 9.21 Å². The van der Waals surface area contributed by atoms with Crippen molar-refractivity contribution in [3.63, 3.8) is 0 Å². The van der Waals surface area contributed by atoms with Crippen molar-refractivity contribution in [1.82, 2.24) is 0 Å². The van der Waals surface area contributed by atoms with Gasteiger partial charge in [-0.3, -0.25) is 4.79 Å². The van der Waals surface area contributed by atoms with Gasteiger partial charge in [-0.15, -0.1) is 11.3 Å². The third-order valence-electron chi connectivity index (χ3n) is 7.32. The number of carbonyl (C=O) groups is 1. The summed E-state index contributed by atoms with van der Waals surface area (Å²) in [4.78, 5) is 25.4. The molecule has 4 aliphatic carbocycles. The van der Waals surface area contributed by atoms with Crippen molar-refractivity contribution in [3.05, 3.63) is 40.1 Å². The Morgan fingerprint density at radius 1 is 1.07 bits per heavy atom. The Morgan fingerprint density at radius 2 is 1.75 bits per heavy atom. The van der Waals surface area contributed by atoms with Crippen LogP contribution in [0.5, 0.6) is 0 Å². The van der Waals surface area contributed by atoms with Crippen LogP contribution in [0.3, 0.4) is 0 Å². The average Bonchev–Trinajstić information content (AvgIpc) is 3.04. The lowest BCUT2D eigenvalue weighted by Crippen LogP contribution is -2.47. The van der Waals surface area contributed by atoms with Crippen molar-refractivity contribution in [2.45, 2.75) is 44.9 Å². The smallest absolute Gasteiger partial charge is 0.345 e. The fourth-order valence-electron chi connectivity index (χ4n) is 6.80. The van der Waals surface area contributed by atoms with Crippen LogP contribution in [0.4, 0.5) is 5.00 Å². The lowest BCUT2D eigenvalue weighted by atomic mass is 9.49. The van der Waals surface area contributed by atoms with E-state index in [0.29, 0.717) is 17.4 Å². The Balaban J connectivity index is 1.32. The van der Waals surface area contributed by atoms with E-state index in [9.17, 15) is 9.59 Å². The van der Waals surface area contributed by atoms with Crippen molar-refractivity contribution in [3.8, 4) is 0 Å². The number of amides is 1. The maximum Gasteiger partial charge on any atom is 0.345 e. The van der Waals surface area contributed by atoms with Crippen LogP contribution in [0.1, 0.15) is 44.9 Å². The van der Waals surface area contributed by atoms with Crippen LogP contribution < -0.4 is 10.9 Å². The van der Waals surface area contributed by atoms with Gasteiger partial charge in [0.25, 0.3) is 0 Å². The summed E-state index contributed by atoms with van der Waals surface area (Å²) in [5, 5.41) is 7.97. The predicted octanol–water partition coefficient (Wildman–Crippen LogP) is 5.55. The molecule has 0 unspecified atom stereocenters. The second-order valence-electron chi connectivity index (χ2n) is 9.38. The van der Waals surface area contributed by atoms with Gasteiger partial charge in [-0.05, 0) is 67.8 Å². The molecule has 0 atom stereocenters. The van der Waals surface area contributed by atoms with Gasteiger partial charge < -0.3 is 9.73 Å². The fraction of sp³-hybridized carbons (Fsp3) is 0.478. The number of fused-ring (bicyclic) bond motifs is 3. The molecule has 144 valence electrons. The van der Waals surface area contributed by atoms with E-state index in [4.69, 9.17) is 4.42 Å². The zero-order chi connectivity index (χ0) is 18.9. The van der Waals surface area contributed by atoms with Crippen LogP contribution in [0.15, 0.2) is 38.9 Å². The highest BCUT2D eigenvalue weighted by Crippen LogP contribution is 2.61. The normalized spacial score (nSPS) is 30.9. The van der Waals surface area contributed by atoms with Crippen molar-refractivity contribution >= 4 is 44.0 Å². The molecule has 0 aliphatic heterocycles. The summed E-state index contributed by atoms with van der Waals surface area (Å²) in [7, 11) is 0. The minimum atomic E-state index is -0.341. The maximum atomic E-state index is 13.1. The van der Waals surface area contributed by atoms with E-state index >= 15 is 0 Å². The number of hydrogen-bond acceptors (Lipinski definition) is 4. The zero-order valence-corrected chi connectivity index (χ0v) is 16.5. The molecule has 4 aliphatic rings. The molecule has 4 nitrogen and oxygen atoms in total. The summed E-state index contributed by atoms with van der Waals surface area (Å²) in [6, 6.07) is 7.53. The third kappa shape index (κ3) is 2.55. The Hall–Kier alpha value is -2.14. The van der Waals surface area contributed by atoms with Crippen molar-refractivity contribution in [2.75, 3.05) is 5.32 Å². The molecule has 0 radical (unpaired) electrons. The first-order valence-corrected chi connectivity index (χ1v) is 11.2. The highest BCUT2D eigenvalue weighted by Gasteiger charge is 2.51. The molecular weight excluding hydrogens is 370 g/mol. The van der Waals surface area contributed by atoms with E-state index in [1.54, 1.807) is 11.4 Å². The second-order valence-corrected chi connectivity index (χ2v) is 10.3. The summed E-state index contributed by atoms with van der Waals surface area (Å²) in [6.07, 6.45) is 8.46. The molecule has 1 N–H and O–H groups in total. The first-order valence-electron chi connectivity index (χ1n) is 10.3. The van der Waals surface area contributed by atoms with Gasteiger partial charge in [-0.25, -0.2) is 4.79 Å². The molecule has 4 bridgehead atoms. The SMILES string of the molecule is O=C(CC12CC3CC(CC(C3)C1)C2)Nc1scc2c(=O)oc3ccccc3c12. The summed E-state index contributed by atoms with van der Waals surface area (Å²) >= 11 is 1.42. The van der Waals surface area contributed by atoms with Gasteiger partial charge >= 0.3 is 5.63 Å². The second kappa shape index (κ2) is 5.93. The summed E-state index contributed by atoms with van der Waals surface area (Å²) < 4.78 is 5.42. The van der Waals surface area contributed by atoms with Crippen molar-refractivity contribution in [2.24, 2.45) is 23.2 Å². The fourth-order valence-corrected chi connectivity index (χ4v) is 7.76. The number of anilines is 1. The summed E-state index contributed by atoms with van der Waals surface area (Å²) in [6.45, 7) is 0. The summed E-state index contributed by atoms with van der Waals surface area (Å²) in [5.41, 5.74) is 0.439. The third-order valence-corrected chi connectivity index (χ3v) is 8.22. The quantitative estimate of drug-likeness (QED) is 0.593. The molecule has 1 amide bonds. The highest BCUT2D eigenvalue weighted by atomic mass is 32.1. The number of para-hydroxylation sites is 1. The Labute approximate surface area is 166 Å². The summed E-state index contributed by atoms with van der Waals surface area (Å²) in [5.74, 6) is 2.63. The molecule has 5 heteroatoms. The first-order chi connectivity index (χ1) is 13.6. The van der Waals surface area contributed by atoms with Crippen LogP contribution in [0, 0.1) is 23.2 Å².